The molecule has 286 valence electrons. The van der Waals surface area contributed by atoms with E-state index in [2.05, 4.69) is 142 Å². The van der Waals surface area contributed by atoms with Crippen molar-refractivity contribution >= 4 is 19.9 Å². The monoisotopic (exact) mass is 755 g/mol. The molecule has 8 heteroatoms. The van der Waals surface area contributed by atoms with Gasteiger partial charge in [-0.05, 0) is 93.7 Å². The Morgan fingerprint density at radius 1 is 0.849 bits per heavy atom. The van der Waals surface area contributed by atoms with Crippen LogP contribution in [0.4, 0.5) is 11.4 Å². The first-order valence-electron chi connectivity index (χ1n) is 19.9. The van der Waals surface area contributed by atoms with Crippen LogP contribution in [0.15, 0.2) is 84.2 Å². The number of allylic oxidation sites excluding steroid dienone is 7. The lowest BCUT2D eigenvalue weighted by molar-refractivity contribution is -0.0000148. The first-order valence-corrected chi connectivity index (χ1v) is 21.0. The molecule has 2 aromatic carbocycles. The molecule has 0 bridgehead atoms. The Kier molecular flexibility index (Phi) is 14.1. The van der Waals surface area contributed by atoms with Gasteiger partial charge in [0.2, 0.25) is 0 Å². The maximum absolute atomic E-state index is 9.02. The molecule has 4 heterocycles. The summed E-state index contributed by atoms with van der Waals surface area (Å²) in [5.74, 6) is 0. The van der Waals surface area contributed by atoms with Crippen molar-refractivity contribution in [2.75, 3.05) is 36.1 Å². The highest BCUT2D eigenvalue weighted by molar-refractivity contribution is 7.44. The predicted molar refractivity (Wildman–Crippen MR) is 219 cm³/mol. The SMILES string of the molecule is CC(C)N(C(C)C)P(OCCC#N)OCCCCCCC1(C)C(/C=C/C=C/C=C2/N3CCCc4cccc(c43)C2(C)C)=CN2CCc3cccc1c32.[Cl-]. The van der Waals surface area contributed by atoms with Gasteiger partial charge in [-0.3, -0.25) is 0 Å². The summed E-state index contributed by atoms with van der Waals surface area (Å²) in [6.45, 7) is 19.2. The summed E-state index contributed by atoms with van der Waals surface area (Å²) in [4.78, 5) is 5.07. The molecule has 6 rings (SSSR count). The van der Waals surface area contributed by atoms with Crippen LogP contribution in [0.25, 0.3) is 0 Å². The molecule has 0 amide bonds. The topological polar surface area (TPSA) is 52.0 Å². The zero-order valence-electron chi connectivity index (χ0n) is 33.2. The number of aryl methyl sites for hydroxylation is 1. The molecule has 53 heavy (non-hydrogen) atoms. The molecule has 0 aliphatic carbocycles. The fourth-order valence-corrected chi connectivity index (χ4v) is 10.6. The molecule has 0 aromatic heterocycles. The van der Waals surface area contributed by atoms with Crippen LogP contribution in [0.1, 0.15) is 116 Å². The van der Waals surface area contributed by atoms with E-state index in [1.165, 1.54) is 64.2 Å². The largest absolute Gasteiger partial charge is 1.00 e. The molecule has 0 saturated heterocycles. The molecule has 2 atom stereocenters. The Balaban J connectivity index is 0.00000541. The standard InChI is InChI=1S/C45H61N4O2P.ClH/c1-34(2)49(35(3)4)52(51-32-18-28-46)50-31-14-9-8-13-27-45(7)38(33-47-30-26-37-20-16-24-40(45)42(37)47)22-11-10-12-25-41-44(5,6)39-23-15-19-36-21-17-29-48(41)43(36)39;/h10-12,15-16,19-20,22-25,33-35H,8-9,13-14,17-18,21,26-27,29-32H2,1-7H3;1H/p-1/b12-10+,22-11+,41-25+;. The van der Waals surface area contributed by atoms with E-state index in [9.17, 15) is 0 Å². The second-order valence-electron chi connectivity index (χ2n) is 16.2. The van der Waals surface area contributed by atoms with Crippen molar-refractivity contribution in [3.05, 3.63) is 107 Å². The first kappa shape index (κ1) is 41.3. The number of hydrogen-bond donors (Lipinski definition) is 0. The third kappa shape index (κ3) is 8.66. The Hall–Kier alpha value is -2.91. The first-order chi connectivity index (χ1) is 25.1. The third-order valence-electron chi connectivity index (χ3n) is 11.6. The normalized spacial score (nSPS) is 21.2. The summed E-state index contributed by atoms with van der Waals surface area (Å²) in [7, 11) is -1.17. The minimum atomic E-state index is -1.17. The summed E-state index contributed by atoms with van der Waals surface area (Å²) in [6, 6.07) is 16.7. The molecule has 0 N–H and O–H groups in total. The Bertz CT molecular complexity index is 1730. The van der Waals surface area contributed by atoms with Gasteiger partial charge < -0.3 is 31.3 Å². The number of halogens is 1. The lowest BCUT2D eigenvalue weighted by atomic mass is 9.69. The van der Waals surface area contributed by atoms with Crippen molar-refractivity contribution in [3.63, 3.8) is 0 Å². The van der Waals surface area contributed by atoms with Gasteiger partial charge in [-0.2, -0.15) is 5.26 Å². The van der Waals surface area contributed by atoms with Gasteiger partial charge >= 0.3 is 0 Å². The molecule has 0 radical (unpaired) electrons. The predicted octanol–water partition coefficient (Wildman–Crippen LogP) is 8.19. The molecule has 0 fully saturated rings. The zero-order chi connectivity index (χ0) is 36.9. The highest BCUT2D eigenvalue weighted by Gasteiger charge is 2.42. The molecule has 4 aliphatic rings. The maximum atomic E-state index is 9.02. The summed E-state index contributed by atoms with van der Waals surface area (Å²) in [6.07, 6.45) is 23.4. The number of nitriles is 1. The van der Waals surface area contributed by atoms with Gasteiger partial charge in [-0.25, -0.2) is 4.67 Å². The Morgan fingerprint density at radius 2 is 1.55 bits per heavy atom. The fourth-order valence-electron chi connectivity index (χ4n) is 8.96. The maximum Gasteiger partial charge on any atom is 0.259 e. The van der Waals surface area contributed by atoms with Gasteiger partial charge in [-0.15, -0.1) is 0 Å². The van der Waals surface area contributed by atoms with Gasteiger partial charge in [0.25, 0.3) is 8.53 Å². The highest BCUT2D eigenvalue weighted by Crippen LogP contribution is 2.52. The Morgan fingerprint density at radius 3 is 2.28 bits per heavy atom. The number of anilines is 2. The van der Waals surface area contributed by atoms with Crippen molar-refractivity contribution in [1.82, 2.24) is 4.67 Å². The number of benzene rings is 2. The van der Waals surface area contributed by atoms with Crippen molar-refractivity contribution in [1.29, 1.82) is 5.26 Å². The second-order valence-corrected chi connectivity index (χ2v) is 17.7. The molecule has 0 saturated carbocycles. The Labute approximate surface area is 328 Å². The van der Waals surface area contributed by atoms with Crippen molar-refractivity contribution < 1.29 is 21.5 Å². The fraction of sp³-hybridized carbons (Fsp3) is 0.533. The number of unbranched alkanes of at least 4 members (excludes halogenated alkanes) is 3. The zero-order valence-corrected chi connectivity index (χ0v) is 34.9. The van der Waals surface area contributed by atoms with Crippen LogP contribution in [0, 0.1) is 11.3 Å². The minimum Gasteiger partial charge on any atom is -1.00 e. The van der Waals surface area contributed by atoms with Crippen LogP contribution in [0.5, 0.6) is 0 Å². The lowest BCUT2D eigenvalue weighted by Gasteiger charge is -2.40. The smallest absolute Gasteiger partial charge is 0.259 e. The molecule has 0 spiro atoms. The van der Waals surface area contributed by atoms with Crippen LogP contribution in [-0.2, 0) is 32.7 Å². The minimum absolute atomic E-state index is 0. The van der Waals surface area contributed by atoms with Gasteiger partial charge in [0.05, 0.1) is 25.7 Å². The summed E-state index contributed by atoms with van der Waals surface area (Å²) >= 11 is 0. The average Bonchev–Trinajstić information content (AvgIpc) is 3.63. The summed E-state index contributed by atoms with van der Waals surface area (Å²) < 4.78 is 14.7. The van der Waals surface area contributed by atoms with E-state index in [0.29, 0.717) is 31.7 Å². The van der Waals surface area contributed by atoms with Gasteiger partial charge in [-0.1, -0.05) is 101 Å². The third-order valence-corrected chi connectivity index (χ3v) is 13.7. The number of rotatable bonds is 17. The summed E-state index contributed by atoms with van der Waals surface area (Å²) in [5.41, 5.74) is 11.6. The van der Waals surface area contributed by atoms with Gasteiger partial charge in [0.1, 0.15) is 0 Å². The summed E-state index contributed by atoms with van der Waals surface area (Å²) in [5, 5.41) is 9.02. The van der Waals surface area contributed by atoms with Crippen LogP contribution < -0.4 is 22.2 Å². The number of hydrogen-bond acceptors (Lipinski definition) is 6. The van der Waals surface area contributed by atoms with E-state index in [-0.39, 0.29) is 23.2 Å². The molecular formula is C45H61ClN4O2P-. The lowest BCUT2D eigenvalue weighted by Crippen LogP contribution is -3.00. The molecule has 6 nitrogen and oxygen atoms in total. The van der Waals surface area contributed by atoms with Gasteiger partial charge in [0, 0.05) is 59.3 Å². The average molecular weight is 756 g/mol. The van der Waals surface area contributed by atoms with Crippen molar-refractivity contribution in [2.24, 2.45) is 0 Å². The van der Waals surface area contributed by atoms with Crippen LogP contribution in [-0.4, -0.2) is 43.1 Å². The van der Waals surface area contributed by atoms with Crippen molar-refractivity contribution in [2.45, 2.75) is 129 Å². The molecular weight excluding hydrogens is 695 g/mol. The quantitative estimate of drug-likeness (QED) is 0.0923. The van der Waals surface area contributed by atoms with E-state index in [4.69, 9.17) is 14.3 Å². The molecule has 4 aliphatic heterocycles. The van der Waals surface area contributed by atoms with Gasteiger partial charge in [0.15, 0.2) is 0 Å². The van der Waals surface area contributed by atoms with Crippen molar-refractivity contribution in [3.8, 4) is 6.07 Å². The van der Waals surface area contributed by atoms with E-state index in [0.717, 1.165) is 45.2 Å². The van der Waals surface area contributed by atoms with Crippen LogP contribution in [0.3, 0.4) is 0 Å². The van der Waals surface area contributed by atoms with E-state index in [1.807, 2.05) is 0 Å². The van der Waals surface area contributed by atoms with E-state index < -0.39 is 8.53 Å². The van der Waals surface area contributed by atoms with Crippen LogP contribution >= 0.6 is 8.53 Å². The number of para-hydroxylation sites is 2. The van der Waals surface area contributed by atoms with E-state index in [1.54, 1.807) is 0 Å². The van der Waals surface area contributed by atoms with Crippen LogP contribution in [0.2, 0.25) is 0 Å². The van der Waals surface area contributed by atoms with E-state index >= 15 is 0 Å². The highest BCUT2D eigenvalue weighted by atomic mass is 35.5. The molecule has 2 unspecified atom stereocenters. The molecule has 2 aromatic rings. The number of nitrogens with zero attached hydrogens (tertiary/aromatic N) is 4. The second kappa shape index (κ2) is 18.1.